The van der Waals surface area contributed by atoms with Crippen molar-refractivity contribution in [3.8, 4) is 5.75 Å². The highest BCUT2D eigenvalue weighted by Gasteiger charge is 2.18. The Kier molecular flexibility index (Phi) is 6.99. The number of anilines is 1. The Balaban J connectivity index is 2.74. The molecule has 0 aliphatic heterocycles. The molecule has 0 bridgehead atoms. The van der Waals surface area contributed by atoms with Crippen LogP contribution in [0.25, 0.3) is 0 Å². The van der Waals surface area contributed by atoms with E-state index < -0.39 is 0 Å². The van der Waals surface area contributed by atoms with Gasteiger partial charge in [-0.05, 0) is 44.4 Å². The molecule has 1 aromatic rings. The minimum absolute atomic E-state index is 0.0515. The average molecular weight is 313 g/mol. The SMILES string of the molecule is CC(C)CC(CN)C(=O)Nc1ccc(OC(C)C)c(Cl)c1. The summed E-state index contributed by atoms with van der Waals surface area (Å²) in [5.74, 6) is 0.784. The zero-order valence-corrected chi connectivity index (χ0v) is 13.9. The number of hydrogen-bond acceptors (Lipinski definition) is 3. The molecule has 0 saturated carbocycles. The van der Waals surface area contributed by atoms with Crippen LogP contribution >= 0.6 is 11.6 Å². The van der Waals surface area contributed by atoms with Crippen LogP contribution in [0.15, 0.2) is 18.2 Å². The largest absolute Gasteiger partial charge is 0.489 e. The molecule has 1 rings (SSSR count). The van der Waals surface area contributed by atoms with E-state index in [1.54, 1.807) is 18.2 Å². The number of nitrogens with two attached hydrogens (primary N) is 1. The highest BCUT2D eigenvalue weighted by molar-refractivity contribution is 6.32. The summed E-state index contributed by atoms with van der Waals surface area (Å²) in [7, 11) is 0. The molecule has 0 radical (unpaired) electrons. The summed E-state index contributed by atoms with van der Waals surface area (Å²) in [4.78, 5) is 12.2. The van der Waals surface area contributed by atoms with Crippen molar-refractivity contribution in [2.45, 2.75) is 40.2 Å². The predicted octanol–water partition coefficient (Wildman–Crippen LogP) is 3.69. The third kappa shape index (κ3) is 5.94. The third-order valence-electron chi connectivity index (χ3n) is 2.97. The second-order valence-corrected chi connectivity index (χ2v) is 6.27. The fraction of sp³-hybridized carbons (Fsp3) is 0.562. The second-order valence-electron chi connectivity index (χ2n) is 5.86. The topological polar surface area (TPSA) is 64.4 Å². The molecule has 0 aliphatic carbocycles. The van der Waals surface area contributed by atoms with Crippen LogP contribution in [-0.2, 0) is 4.79 Å². The lowest BCUT2D eigenvalue weighted by Crippen LogP contribution is -2.30. The summed E-state index contributed by atoms with van der Waals surface area (Å²) in [6, 6.07) is 5.24. The van der Waals surface area contributed by atoms with Gasteiger partial charge >= 0.3 is 0 Å². The van der Waals surface area contributed by atoms with Gasteiger partial charge in [-0.2, -0.15) is 0 Å². The first-order valence-electron chi connectivity index (χ1n) is 7.30. The van der Waals surface area contributed by atoms with Crippen molar-refractivity contribution in [3.05, 3.63) is 23.2 Å². The number of amides is 1. The zero-order valence-electron chi connectivity index (χ0n) is 13.2. The number of carbonyl (C=O) groups excluding carboxylic acids is 1. The molecular weight excluding hydrogens is 288 g/mol. The molecule has 3 N–H and O–H groups in total. The average Bonchev–Trinajstić information content (AvgIpc) is 2.38. The van der Waals surface area contributed by atoms with E-state index in [0.29, 0.717) is 28.9 Å². The van der Waals surface area contributed by atoms with Gasteiger partial charge in [-0.3, -0.25) is 4.79 Å². The van der Waals surface area contributed by atoms with Crippen molar-refractivity contribution in [1.82, 2.24) is 0 Å². The van der Waals surface area contributed by atoms with E-state index >= 15 is 0 Å². The number of ether oxygens (including phenoxy) is 1. The van der Waals surface area contributed by atoms with Crippen molar-refractivity contribution in [2.75, 3.05) is 11.9 Å². The third-order valence-corrected chi connectivity index (χ3v) is 3.27. The van der Waals surface area contributed by atoms with Gasteiger partial charge in [-0.1, -0.05) is 25.4 Å². The Bertz CT molecular complexity index is 475. The van der Waals surface area contributed by atoms with E-state index in [0.717, 1.165) is 6.42 Å². The maximum Gasteiger partial charge on any atom is 0.228 e. The maximum absolute atomic E-state index is 12.2. The molecule has 21 heavy (non-hydrogen) atoms. The van der Waals surface area contributed by atoms with Gasteiger partial charge < -0.3 is 15.8 Å². The highest BCUT2D eigenvalue weighted by atomic mass is 35.5. The minimum atomic E-state index is -0.185. The molecule has 0 heterocycles. The lowest BCUT2D eigenvalue weighted by Gasteiger charge is -2.17. The van der Waals surface area contributed by atoms with Crippen LogP contribution in [0.1, 0.15) is 34.1 Å². The molecule has 1 atom stereocenters. The molecule has 118 valence electrons. The summed E-state index contributed by atoms with van der Waals surface area (Å²) in [5.41, 5.74) is 6.33. The molecule has 1 amide bonds. The van der Waals surface area contributed by atoms with Crippen LogP contribution in [0.2, 0.25) is 5.02 Å². The van der Waals surface area contributed by atoms with Crippen LogP contribution in [0.3, 0.4) is 0 Å². The van der Waals surface area contributed by atoms with Crippen molar-refractivity contribution in [3.63, 3.8) is 0 Å². The van der Waals surface area contributed by atoms with Gasteiger partial charge in [0.25, 0.3) is 0 Å². The number of carbonyl (C=O) groups is 1. The Morgan fingerprint density at radius 3 is 2.48 bits per heavy atom. The van der Waals surface area contributed by atoms with Crippen LogP contribution in [0.4, 0.5) is 5.69 Å². The molecule has 0 spiro atoms. The van der Waals surface area contributed by atoms with Crippen LogP contribution in [0, 0.1) is 11.8 Å². The van der Waals surface area contributed by atoms with Gasteiger partial charge in [0.2, 0.25) is 5.91 Å². The smallest absolute Gasteiger partial charge is 0.228 e. The van der Waals surface area contributed by atoms with E-state index in [1.807, 2.05) is 13.8 Å². The number of benzene rings is 1. The molecule has 0 fully saturated rings. The molecule has 5 heteroatoms. The number of hydrogen-bond donors (Lipinski definition) is 2. The van der Waals surface area contributed by atoms with Crippen molar-refractivity contribution in [2.24, 2.45) is 17.6 Å². The van der Waals surface area contributed by atoms with E-state index in [9.17, 15) is 4.79 Å². The maximum atomic E-state index is 12.2. The lowest BCUT2D eigenvalue weighted by atomic mass is 9.96. The second kappa shape index (κ2) is 8.25. The molecular formula is C16H25ClN2O2. The molecule has 4 nitrogen and oxygen atoms in total. The summed E-state index contributed by atoms with van der Waals surface area (Å²) in [6.07, 6.45) is 0.820. The van der Waals surface area contributed by atoms with Crippen molar-refractivity contribution >= 4 is 23.2 Å². The molecule has 0 aliphatic rings. The minimum Gasteiger partial charge on any atom is -0.489 e. The highest BCUT2D eigenvalue weighted by Crippen LogP contribution is 2.28. The van der Waals surface area contributed by atoms with Crippen molar-refractivity contribution in [1.29, 1.82) is 0 Å². The van der Waals surface area contributed by atoms with E-state index in [-0.39, 0.29) is 17.9 Å². The van der Waals surface area contributed by atoms with E-state index in [2.05, 4.69) is 19.2 Å². The summed E-state index contributed by atoms with van der Waals surface area (Å²) >= 11 is 6.15. The Morgan fingerprint density at radius 1 is 1.33 bits per heavy atom. The normalized spacial score (nSPS) is 12.6. The van der Waals surface area contributed by atoms with Gasteiger partial charge in [0.05, 0.1) is 17.0 Å². The molecule has 1 aromatic carbocycles. The van der Waals surface area contributed by atoms with Gasteiger partial charge in [0, 0.05) is 12.2 Å². The standard InChI is InChI=1S/C16H25ClN2O2/c1-10(2)7-12(9-18)16(20)19-13-5-6-15(14(17)8-13)21-11(3)4/h5-6,8,10-12H,7,9,18H2,1-4H3,(H,19,20). The van der Waals surface area contributed by atoms with Gasteiger partial charge in [0.1, 0.15) is 5.75 Å². The van der Waals surface area contributed by atoms with Crippen LogP contribution < -0.4 is 15.8 Å². The first-order valence-corrected chi connectivity index (χ1v) is 7.68. The number of halogens is 1. The molecule has 0 saturated heterocycles. The fourth-order valence-electron chi connectivity index (χ4n) is 2.05. The summed E-state index contributed by atoms with van der Waals surface area (Å²) in [6.45, 7) is 8.36. The Morgan fingerprint density at radius 2 is 2.00 bits per heavy atom. The van der Waals surface area contributed by atoms with E-state index in [1.165, 1.54) is 0 Å². The molecule has 0 aromatic heterocycles. The van der Waals surface area contributed by atoms with Crippen LogP contribution in [0.5, 0.6) is 5.75 Å². The van der Waals surface area contributed by atoms with Gasteiger partial charge in [0.15, 0.2) is 0 Å². The Labute approximate surface area is 132 Å². The van der Waals surface area contributed by atoms with E-state index in [4.69, 9.17) is 22.1 Å². The Hall–Kier alpha value is -1.26. The van der Waals surface area contributed by atoms with Gasteiger partial charge in [-0.25, -0.2) is 0 Å². The summed E-state index contributed by atoms with van der Waals surface area (Å²) in [5, 5.41) is 3.34. The quantitative estimate of drug-likeness (QED) is 0.807. The summed E-state index contributed by atoms with van der Waals surface area (Å²) < 4.78 is 5.56. The first kappa shape index (κ1) is 17.8. The molecule has 1 unspecified atom stereocenters. The van der Waals surface area contributed by atoms with Crippen LogP contribution in [-0.4, -0.2) is 18.6 Å². The van der Waals surface area contributed by atoms with Crippen molar-refractivity contribution < 1.29 is 9.53 Å². The zero-order chi connectivity index (χ0) is 16.0. The van der Waals surface area contributed by atoms with Gasteiger partial charge in [-0.15, -0.1) is 0 Å². The monoisotopic (exact) mass is 312 g/mol. The number of rotatable bonds is 7. The lowest BCUT2D eigenvalue weighted by molar-refractivity contribution is -0.120. The predicted molar refractivity (Wildman–Crippen MR) is 87.8 cm³/mol. The number of nitrogens with one attached hydrogen (secondary N) is 1. The fourth-order valence-corrected chi connectivity index (χ4v) is 2.28. The first-order chi connectivity index (χ1) is 9.83.